The summed E-state index contributed by atoms with van der Waals surface area (Å²) in [6.07, 6.45) is 5.46. The molecule has 0 saturated carbocycles. The molecule has 2 heterocycles. The van der Waals surface area contributed by atoms with Crippen molar-refractivity contribution in [3.05, 3.63) is 116 Å². The van der Waals surface area contributed by atoms with Crippen LogP contribution in [0.1, 0.15) is 68.7 Å². The second-order valence-corrected chi connectivity index (χ2v) is 10.2. The topological polar surface area (TPSA) is 103 Å². The molecule has 8 nitrogen and oxygen atoms in total. The number of aromatic nitrogens is 4. The molecule has 0 amide bonds. The third-order valence-corrected chi connectivity index (χ3v) is 7.53. The van der Waals surface area contributed by atoms with Gasteiger partial charge in [-0.2, -0.15) is 0 Å². The quantitative estimate of drug-likeness (QED) is 0.289. The van der Waals surface area contributed by atoms with Crippen LogP contribution in [0, 0.1) is 6.92 Å². The van der Waals surface area contributed by atoms with Gasteiger partial charge in [0.1, 0.15) is 5.82 Å². The minimum absolute atomic E-state index is 0.354. The van der Waals surface area contributed by atoms with Crippen molar-refractivity contribution < 1.29 is 14.1 Å². The Morgan fingerprint density at radius 1 is 1.10 bits per heavy atom. The average Bonchev–Trinajstić information content (AvgIpc) is 3.49. The minimum Gasteiger partial charge on any atom is -0.465 e. The molecule has 3 aromatic carbocycles. The molecule has 1 aliphatic rings. The van der Waals surface area contributed by atoms with E-state index in [1.165, 1.54) is 18.2 Å². The van der Waals surface area contributed by atoms with Gasteiger partial charge in [0.05, 0.1) is 23.7 Å². The number of hydrogen-bond donors (Lipinski definition) is 1. The number of carbonyl (C=O) groups excluding carboxylic acids is 1. The number of carbonyl (C=O) groups is 1. The molecule has 5 aromatic rings. The summed E-state index contributed by atoms with van der Waals surface area (Å²) in [5, 5.41) is 3.88. The van der Waals surface area contributed by atoms with E-state index in [1.807, 2.05) is 31.2 Å². The summed E-state index contributed by atoms with van der Waals surface area (Å²) < 4.78 is 12.0. The van der Waals surface area contributed by atoms with Crippen molar-refractivity contribution in [2.45, 2.75) is 46.1 Å². The first kappa shape index (κ1) is 25.6. The Bertz CT molecular complexity index is 1840. The number of esters is 1. The lowest BCUT2D eigenvalue weighted by molar-refractivity contribution is 0.0600. The van der Waals surface area contributed by atoms with Crippen molar-refractivity contribution in [2.75, 3.05) is 7.11 Å². The SMILES string of the molecule is CCCc1nc2c(C)cc(C(=O)OC)cc2n1Cc1ccc2c(c1)CCc1ccccc1C2=Cc1noc(=O)[nH]1. The predicted molar refractivity (Wildman–Crippen MR) is 153 cm³/mol. The predicted octanol–water partition coefficient (Wildman–Crippen LogP) is 5.50. The van der Waals surface area contributed by atoms with Crippen LogP contribution in [0.4, 0.5) is 0 Å². The van der Waals surface area contributed by atoms with Gasteiger partial charge in [-0.3, -0.25) is 9.51 Å². The lowest BCUT2D eigenvalue weighted by Crippen LogP contribution is -2.07. The zero-order chi connectivity index (χ0) is 27.8. The average molecular weight is 535 g/mol. The fourth-order valence-electron chi connectivity index (χ4n) is 5.68. The Morgan fingerprint density at radius 3 is 2.67 bits per heavy atom. The van der Waals surface area contributed by atoms with Crippen molar-refractivity contribution in [3.63, 3.8) is 0 Å². The summed E-state index contributed by atoms with van der Waals surface area (Å²) in [7, 11) is 1.40. The molecule has 0 aliphatic heterocycles. The van der Waals surface area contributed by atoms with Crippen LogP contribution in [-0.2, 0) is 30.5 Å². The molecule has 202 valence electrons. The van der Waals surface area contributed by atoms with E-state index in [0.29, 0.717) is 17.9 Å². The van der Waals surface area contributed by atoms with E-state index in [4.69, 9.17) is 14.2 Å². The monoisotopic (exact) mass is 534 g/mol. The summed E-state index contributed by atoms with van der Waals surface area (Å²) in [5.74, 6) is 0.454. The number of aromatic amines is 1. The largest absolute Gasteiger partial charge is 0.465 e. The molecule has 0 atom stereocenters. The van der Waals surface area contributed by atoms with Crippen molar-refractivity contribution in [1.29, 1.82) is 0 Å². The zero-order valence-electron chi connectivity index (χ0n) is 22.8. The third-order valence-electron chi connectivity index (χ3n) is 7.53. The van der Waals surface area contributed by atoms with Gasteiger partial charge in [0.25, 0.3) is 0 Å². The maximum absolute atomic E-state index is 12.4. The second kappa shape index (κ2) is 10.4. The molecule has 0 bridgehead atoms. The first-order valence-electron chi connectivity index (χ1n) is 13.5. The number of methoxy groups -OCH3 is 1. The normalized spacial score (nSPS) is 13.7. The van der Waals surface area contributed by atoms with E-state index >= 15 is 0 Å². The number of nitrogens with zero attached hydrogens (tertiary/aromatic N) is 3. The van der Waals surface area contributed by atoms with Gasteiger partial charge in [0.15, 0.2) is 5.82 Å². The van der Waals surface area contributed by atoms with Crippen molar-refractivity contribution >= 4 is 28.7 Å². The van der Waals surface area contributed by atoms with Gasteiger partial charge < -0.3 is 9.30 Å². The highest BCUT2D eigenvalue weighted by Crippen LogP contribution is 2.35. The maximum atomic E-state index is 12.4. The van der Waals surface area contributed by atoms with E-state index in [1.54, 1.807) is 0 Å². The number of imidazole rings is 1. The lowest BCUT2D eigenvalue weighted by Gasteiger charge is -2.15. The Morgan fingerprint density at radius 2 is 1.90 bits per heavy atom. The van der Waals surface area contributed by atoms with E-state index in [0.717, 1.165) is 70.4 Å². The van der Waals surface area contributed by atoms with E-state index in [9.17, 15) is 9.59 Å². The molecule has 8 heteroatoms. The summed E-state index contributed by atoms with van der Waals surface area (Å²) in [6.45, 7) is 4.76. The molecule has 1 N–H and O–H groups in total. The smallest absolute Gasteiger partial charge is 0.439 e. The van der Waals surface area contributed by atoms with Crippen LogP contribution in [0.25, 0.3) is 22.7 Å². The van der Waals surface area contributed by atoms with Crippen molar-refractivity contribution in [2.24, 2.45) is 0 Å². The number of rotatable bonds is 6. The third kappa shape index (κ3) is 4.66. The zero-order valence-corrected chi connectivity index (χ0v) is 22.8. The van der Waals surface area contributed by atoms with Crippen LogP contribution in [-0.4, -0.2) is 32.8 Å². The summed E-state index contributed by atoms with van der Waals surface area (Å²) >= 11 is 0. The molecule has 40 heavy (non-hydrogen) atoms. The number of H-pyrrole nitrogens is 1. The van der Waals surface area contributed by atoms with Crippen LogP contribution in [0.3, 0.4) is 0 Å². The fourth-order valence-corrected chi connectivity index (χ4v) is 5.68. The van der Waals surface area contributed by atoms with Gasteiger partial charge >= 0.3 is 11.7 Å². The van der Waals surface area contributed by atoms with Gasteiger partial charge in [-0.25, -0.2) is 14.6 Å². The standard InChI is InChI=1S/C32H30N4O4/c1-4-7-29-34-30-19(2)14-23(31(37)39-3)16-27(30)36(29)18-20-10-13-25-22(15-20)12-11-21-8-5-6-9-24(21)26(25)17-28-33-32(38)40-35-28/h5-6,8-10,13-17H,4,7,11-12,18H2,1-3H3,(H,33,35,38). The highest BCUT2D eigenvalue weighted by Gasteiger charge is 2.21. The van der Waals surface area contributed by atoms with E-state index < -0.39 is 5.76 Å². The Balaban J connectivity index is 1.45. The molecule has 6 rings (SSSR count). The molecule has 0 unspecified atom stereocenters. The molecule has 0 radical (unpaired) electrons. The van der Waals surface area contributed by atoms with Crippen LogP contribution < -0.4 is 5.76 Å². The van der Waals surface area contributed by atoms with Crippen molar-refractivity contribution in [1.82, 2.24) is 19.7 Å². The molecule has 0 saturated heterocycles. The van der Waals surface area contributed by atoms with E-state index in [2.05, 4.69) is 58.0 Å². The van der Waals surface area contributed by atoms with Crippen LogP contribution in [0.2, 0.25) is 0 Å². The second-order valence-electron chi connectivity index (χ2n) is 10.2. The van der Waals surface area contributed by atoms with Gasteiger partial charge in [0.2, 0.25) is 0 Å². The number of benzene rings is 3. The highest BCUT2D eigenvalue weighted by molar-refractivity contribution is 5.95. The lowest BCUT2D eigenvalue weighted by atomic mass is 9.92. The number of ether oxygens (including phenoxy) is 1. The number of hydrogen-bond acceptors (Lipinski definition) is 6. The van der Waals surface area contributed by atoms with Crippen LogP contribution in [0.5, 0.6) is 0 Å². The fraction of sp³-hybridized carbons (Fsp3) is 0.250. The van der Waals surface area contributed by atoms with Gasteiger partial charge in [-0.05, 0) is 83.3 Å². The summed E-state index contributed by atoms with van der Waals surface area (Å²) in [4.78, 5) is 31.6. The Labute approximate surface area is 231 Å². The molecule has 1 aliphatic carbocycles. The molecule has 0 fully saturated rings. The number of nitrogens with one attached hydrogen (secondary N) is 1. The maximum Gasteiger partial charge on any atom is 0.439 e. The summed E-state index contributed by atoms with van der Waals surface area (Å²) in [5.41, 5.74) is 10.2. The Kier molecular flexibility index (Phi) is 6.67. The molecular weight excluding hydrogens is 504 g/mol. The van der Waals surface area contributed by atoms with Crippen molar-refractivity contribution in [3.8, 4) is 0 Å². The minimum atomic E-state index is -0.578. The van der Waals surface area contributed by atoms with Gasteiger partial charge in [-0.15, -0.1) is 0 Å². The number of fused-ring (bicyclic) bond motifs is 3. The highest BCUT2D eigenvalue weighted by atomic mass is 16.5. The first-order valence-corrected chi connectivity index (χ1v) is 13.5. The number of aryl methyl sites for hydroxylation is 4. The van der Waals surface area contributed by atoms with Gasteiger partial charge in [-0.1, -0.05) is 54.5 Å². The van der Waals surface area contributed by atoms with Crippen LogP contribution >= 0.6 is 0 Å². The van der Waals surface area contributed by atoms with Crippen LogP contribution in [0.15, 0.2) is 63.9 Å². The first-order chi connectivity index (χ1) is 19.4. The van der Waals surface area contributed by atoms with Gasteiger partial charge in [0, 0.05) is 13.0 Å². The summed E-state index contributed by atoms with van der Waals surface area (Å²) in [6, 6.07) is 18.6. The molecule has 0 spiro atoms. The molecular formula is C32H30N4O4. The van der Waals surface area contributed by atoms with E-state index in [-0.39, 0.29) is 5.97 Å². The Hall–Kier alpha value is -4.72. The molecule has 2 aromatic heterocycles.